The number of aromatic nitrogens is 1. The second kappa shape index (κ2) is 6.26. The summed E-state index contributed by atoms with van der Waals surface area (Å²) in [6.45, 7) is 0. The number of carbonyl (C=O) groups excluding carboxylic acids is 1. The first-order chi connectivity index (χ1) is 8.70. The molecule has 0 aliphatic carbocycles. The Morgan fingerprint density at radius 2 is 2.44 bits per heavy atom. The Morgan fingerprint density at radius 3 is 3.06 bits per heavy atom. The number of nitrogen functional groups attached to an aromatic ring is 1. The predicted molar refractivity (Wildman–Crippen MR) is 74.9 cm³/mol. The Hall–Kier alpha value is -0.980. The number of rotatable bonds is 3. The Bertz CT molecular complexity index is 437. The van der Waals surface area contributed by atoms with Gasteiger partial charge in [-0.25, -0.2) is 10.8 Å². The van der Waals surface area contributed by atoms with E-state index < -0.39 is 0 Å². The van der Waals surface area contributed by atoms with Crippen molar-refractivity contribution in [2.24, 2.45) is 5.84 Å². The maximum absolute atomic E-state index is 12.0. The van der Waals surface area contributed by atoms with Crippen molar-refractivity contribution in [3.63, 3.8) is 0 Å². The Kier molecular flexibility index (Phi) is 4.68. The second-order valence-corrected chi connectivity index (χ2v) is 5.64. The summed E-state index contributed by atoms with van der Waals surface area (Å²) in [5.74, 6) is 7.59. The monoisotopic (exact) mass is 286 g/mol. The molecule has 4 N–H and O–H groups in total. The fourth-order valence-corrected chi connectivity index (χ4v) is 3.08. The lowest BCUT2D eigenvalue weighted by Gasteiger charge is -2.22. The van der Waals surface area contributed by atoms with Gasteiger partial charge in [0, 0.05) is 18.0 Å². The van der Waals surface area contributed by atoms with Crippen LogP contribution in [-0.4, -0.2) is 28.4 Å². The number of anilines is 1. The van der Waals surface area contributed by atoms with E-state index in [1.54, 1.807) is 6.07 Å². The lowest BCUT2D eigenvalue weighted by molar-refractivity contribution is 0.0938. The molecule has 0 spiro atoms. The van der Waals surface area contributed by atoms with Gasteiger partial charge in [-0.05, 0) is 24.7 Å². The first-order valence-corrected chi connectivity index (χ1v) is 7.24. The molecule has 1 saturated heterocycles. The van der Waals surface area contributed by atoms with Gasteiger partial charge in [0.2, 0.25) is 0 Å². The highest BCUT2D eigenvalue weighted by Crippen LogP contribution is 2.20. The molecule has 1 atom stereocenters. The SMILES string of the molecule is NNc1ncc(C(=O)NC2CCCSC2)cc1Cl. The van der Waals surface area contributed by atoms with E-state index in [1.165, 1.54) is 11.9 Å². The summed E-state index contributed by atoms with van der Waals surface area (Å²) in [6.07, 6.45) is 3.64. The van der Waals surface area contributed by atoms with Gasteiger partial charge >= 0.3 is 0 Å². The number of halogens is 1. The van der Waals surface area contributed by atoms with Gasteiger partial charge in [0.15, 0.2) is 5.82 Å². The molecule has 2 rings (SSSR count). The van der Waals surface area contributed by atoms with E-state index in [0.717, 1.165) is 18.6 Å². The number of pyridine rings is 1. The Balaban J connectivity index is 2.01. The Morgan fingerprint density at radius 1 is 1.61 bits per heavy atom. The van der Waals surface area contributed by atoms with E-state index in [0.29, 0.717) is 16.4 Å². The van der Waals surface area contributed by atoms with Gasteiger partial charge in [-0.2, -0.15) is 11.8 Å². The van der Waals surface area contributed by atoms with E-state index in [9.17, 15) is 4.79 Å². The number of hydrogen-bond acceptors (Lipinski definition) is 5. The number of nitrogens with one attached hydrogen (secondary N) is 2. The van der Waals surface area contributed by atoms with Crippen LogP contribution in [0.15, 0.2) is 12.3 Å². The lowest BCUT2D eigenvalue weighted by Crippen LogP contribution is -2.38. The highest BCUT2D eigenvalue weighted by Gasteiger charge is 2.17. The maximum atomic E-state index is 12.0. The number of nitrogens with zero attached hydrogens (tertiary/aromatic N) is 1. The molecule has 1 aromatic rings. The predicted octanol–water partition coefficient (Wildman–Crippen LogP) is 1.65. The first kappa shape index (κ1) is 13.5. The zero-order chi connectivity index (χ0) is 13.0. The van der Waals surface area contributed by atoms with E-state index >= 15 is 0 Å². The molecule has 18 heavy (non-hydrogen) atoms. The minimum absolute atomic E-state index is 0.138. The van der Waals surface area contributed by atoms with Crippen molar-refractivity contribution in [2.45, 2.75) is 18.9 Å². The van der Waals surface area contributed by atoms with Gasteiger partial charge in [-0.3, -0.25) is 4.79 Å². The van der Waals surface area contributed by atoms with E-state index in [2.05, 4.69) is 15.7 Å². The highest BCUT2D eigenvalue weighted by molar-refractivity contribution is 7.99. The van der Waals surface area contributed by atoms with Crippen molar-refractivity contribution in [3.05, 3.63) is 22.8 Å². The van der Waals surface area contributed by atoms with Gasteiger partial charge in [0.1, 0.15) is 0 Å². The van der Waals surface area contributed by atoms with Crippen LogP contribution in [0.25, 0.3) is 0 Å². The largest absolute Gasteiger partial charge is 0.348 e. The van der Waals surface area contributed by atoms with E-state index in [1.807, 2.05) is 11.8 Å². The van der Waals surface area contributed by atoms with Crippen LogP contribution in [0.4, 0.5) is 5.82 Å². The summed E-state index contributed by atoms with van der Waals surface area (Å²) in [7, 11) is 0. The van der Waals surface area contributed by atoms with Gasteiger partial charge in [0.05, 0.1) is 10.6 Å². The highest BCUT2D eigenvalue weighted by atomic mass is 35.5. The van der Waals surface area contributed by atoms with Crippen molar-refractivity contribution < 1.29 is 4.79 Å². The number of amides is 1. The number of hydrogen-bond donors (Lipinski definition) is 3. The minimum Gasteiger partial charge on any atom is -0.348 e. The topological polar surface area (TPSA) is 80.0 Å². The summed E-state index contributed by atoms with van der Waals surface area (Å²) in [5.41, 5.74) is 2.82. The summed E-state index contributed by atoms with van der Waals surface area (Å²) in [5, 5.41) is 3.33. The van der Waals surface area contributed by atoms with Gasteiger partial charge < -0.3 is 10.7 Å². The molecule has 0 aromatic carbocycles. The van der Waals surface area contributed by atoms with Crippen LogP contribution in [0.3, 0.4) is 0 Å². The molecule has 1 aliphatic rings. The van der Waals surface area contributed by atoms with Crippen LogP contribution >= 0.6 is 23.4 Å². The van der Waals surface area contributed by atoms with E-state index in [-0.39, 0.29) is 11.9 Å². The van der Waals surface area contributed by atoms with Crippen LogP contribution in [0, 0.1) is 0 Å². The van der Waals surface area contributed by atoms with Crippen LogP contribution < -0.4 is 16.6 Å². The number of carbonyl (C=O) groups is 1. The standard InChI is InChI=1S/C11H15ClN4OS/c12-9-4-7(5-14-10(9)16-13)11(17)15-8-2-1-3-18-6-8/h4-5,8H,1-3,6,13H2,(H,14,16)(H,15,17). The zero-order valence-electron chi connectivity index (χ0n) is 9.78. The average molecular weight is 287 g/mol. The zero-order valence-corrected chi connectivity index (χ0v) is 11.4. The molecule has 1 amide bonds. The van der Waals surface area contributed by atoms with Crippen molar-refractivity contribution in [1.82, 2.24) is 10.3 Å². The molecule has 0 saturated carbocycles. The molecular formula is C11H15ClN4OS. The van der Waals surface area contributed by atoms with Crippen molar-refractivity contribution in [2.75, 3.05) is 16.9 Å². The normalized spacial score (nSPS) is 19.3. The first-order valence-electron chi connectivity index (χ1n) is 5.71. The molecule has 0 radical (unpaired) electrons. The van der Waals surface area contributed by atoms with Crippen LogP contribution in [0.5, 0.6) is 0 Å². The lowest BCUT2D eigenvalue weighted by atomic mass is 10.1. The third-order valence-electron chi connectivity index (χ3n) is 2.74. The summed E-state index contributed by atoms with van der Waals surface area (Å²) in [4.78, 5) is 16.0. The van der Waals surface area contributed by atoms with Crippen molar-refractivity contribution in [3.8, 4) is 0 Å². The number of thioether (sulfide) groups is 1. The quantitative estimate of drug-likeness (QED) is 0.581. The minimum atomic E-state index is -0.138. The molecule has 98 valence electrons. The third kappa shape index (κ3) is 3.28. The second-order valence-electron chi connectivity index (χ2n) is 4.09. The molecule has 0 bridgehead atoms. The molecule has 1 aromatic heterocycles. The number of nitrogens with two attached hydrogens (primary N) is 1. The third-order valence-corrected chi connectivity index (χ3v) is 4.24. The maximum Gasteiger partial charge on any atom is 0.253 e. The van der Waals surface area contributed by atoms with Crippen molar-refractivity contribution >= 4 is 35.1 Å². The van der Waals surface area contributed by atoms with Crippen molar-refractivity contribution in [1.29, 1.82) is 0 Å². The van der Waals surface area contributed by atoms with Crippen LogP contribution in [-0.2, 0) is 0 Å². The summed E-state index contributed by atoms with van der Waals surface area (Å²) in [6, 6.07) is 1.80. The molecule has 5 nitrogen and oxygen atoms in total. The Labute approximate surface area is 115 Å². The fourth-order valence-electron chi connectivity index (χ4n) is 1.79. The summed E-state index contributed by atoms with van der Waals surface area (Å²) >= 11 is 7.79. The molecule has 7 heteroatoms. The van der Waals surface area contributed by atoms with Gasteiger partial charge in [-0.1, -0.05) is 11.6 Å². The summed E-state index contributed by atoms with van der Waals surface area (Å²) < 4.78 is 0. The molecular weight excluding hydrogens is 272 g/mol. The molecule has 1 unspecified atom stereocenters. The van der Waals surface area contributed by atoms with E-state index in [4.69, 9.17) is 17.4 Å². The van der Waals surface area contributed by atoms with Gasteiger partial charge in [0.25, 0.3) is 5.91 Å². The molecule has 1 aliphatic heterocycles. The average Bonchev–Trinajstić information content (AvgIpc) is 2.39. The molecule has 2 heterocycles. The van der Waals surface area contributed by atoms with Crippen LogP contribution in [0.2, 0.25) is 5.02 Å². The molecule has 1 fully saturated rings. The fraction of sp³-hybridized carbons (Fsp3) is 0.455. The number of hydrazine groups is 1. The smallest absolute Gasteiger partial charge is 0.253 e. The van der Waals surface area contributed by atoms with Gasteiger partial charge in [-0.15, -0.1) is 0 Å². The van der Waals surface area contributed by atoms with Crippen LogP contribution in [0.1, 0.15) is 23.2 Å².